The number of Topliss-reactive ketones (excluding diaryl/α,β-unsaturated/α-hetero) is 1. The molecule has 12 unspecified atom stereocenters. The highest BCUT2D eigenvalue weighted by molar-refractivity contribution is 5.83. The van der Waals surface area contributed by atoms with Gasteiger partial charge in [-0.3, -0.25) is 19.2 Å². The molecule has 0 aromatic rings. The van der Waals surface area contributed by atoms with E-state index in [-0.39, 0.29) is 38.2 Å². The smallest absolute Gasteiger partial charge is 0.311 e. The predicted molar refractivity (Wildman–Crippen MR) is 246 cm³/mol. The summed E-state index contributed by atoms with van der Waals surface area (Å²) >= 11 is 0. The number of cyclic esters (lactones) is 1. The number of ketones is 1. The monoisotopic (exact) mass is 975 g/mol. The second-order valence-corrected chi connectivity index (χ2v) is 21.3. The van der Waals surface area contributed by atoms with Crippen molar-refractivity contribution in [1.29, 1.82) is 0 Å². The normalized spacial score (nSPS) is 45.9. The molecular weight excluding hydrogens is 889 g/mol. The van der Waals surface area contributed by atoms with Crippen molar-refractivity contribution in [2.75, 3.05) is 28.2 Å². The number of ether oxygens (including phenoxy) is 9. The average Bonchev–Trinajstić information content (AvgIpc) is 3.24. The Morgan fingerprint density at radius 1 is 0.750 bits per heavy atom. The first-order chi connectivity index (χ1) is 31.4. The minimum Gasteiger partial charge on any atom is -0.459 e. The number of carbonyl (C=O) groups is 4. The summed E-state index contributed by atoms with van der Waals surface area (Å²) in [7, 11) is 7.38. The molecule has 0 amide bonds. The molecule has 0 aromatic heterocycles. The molecule has 22 atom stereocenters. The van der Waals surface area contributed by atoms with Crippen molar-refractivity contribution in [3.05, 3.63) is 0 Å². The molecule has 0 bridgehead atoms. The van der Waals surface area contributed by atoms with Crippen LogP contribution in [-0.2, 0) is 61.8 Å². The second kappa shape index (κ2) is 23.4. The van der Waals surface area contributed by atoms with E-state index >= 15 is 0 Å². The molecule has 19 nitrogen and oxygen atoms in total. The first-order valence-electron chi connectivity index (χ1n) is 24.6. The van der Waals surface area contributed by atoms with Gasteiger partial charge in [0, 0.05) is 56.0 Å². The number of aliphatic hydroxyl groups is 4. The second-order valence-electron chi connectivity index (χ2n) is 21.3. The number of nitrogens with zero attached hydrogens (tertiary/aromatic N) is 2. The summed E-state index contributed by atoms with van der Waals surface area (Å²) in [6.45, 7) is 21.1. The number of carbonyl (C=O) groups excluding carboxylic acids is 4. The minimum atomic E-state index is -2.09. The van der Waals surface area contributed by atoms with Gasteiger partial charge in [-0.05, 0) is 95.9 Å². The quantitative estimate of drug-likeness (QED) is 0.162. The fourth-order valence-corrected chi connectivity index (χ4v) is 11.1. The highest BCUT2D eigenvalue weighted by Crippen LogP contribution is 2.44. The van der Waals surface area contributed by atoms with Crippen LogP contribution in [0.1, 0.15) is 129 Å². The summed E-state index contributed by atoms with van der Waals surface area (Å²) in [6, 6.07) is -0.804. The molecule has 4 saturated heterocycles. The lowest BCUT2D eigenvalue weighted by atomic mass is 9.73. The van der Waals surface area contributed by atoms with E-state index in [1.165, 1.54) is 20.8 Å². The largest absolute Gasteiger partial charge is 0.459 e. The summed E-state index contributed by atoms with van der Waals surface area (Å²) in [5.41, 5.74) is -5.14. The molecule has 68 heavy (non-hydrogen) atoms. The molecule has 0 saturated carbocycles. The molecule has 19 heteroatoms. The molecule has 4 N–H and O–H groups in total. The first kappa shape index (κ1) is 58.2. The maximum absolute atomic E-state index is 14.7. The average molecular weight is 975 g/mol. The Bertz CT molecular complexity index is 1700. The third-order valence-corrected chi connectivity index (χ3v) is 15.0. The molecule has 0 spiro atoms. The first-order valence-corrected chi connectivity index (χ1v) is 24.6. The van der Waals surface area contributed by atoms with Crippen LogP contribution in [0.2, 0.25) is 0 Å². The lowest BCUT2D eigenvalue weighted by Crippen LogP contribution is -2.63. The van der Waals surface area contributed by atoms with E-state index in [9.17, 15) is 39.6 Å². The minimum absolute atomic E-state index is 0.0567. The van der Waals surface area contributed by atoms with Crippen molar-refractivity contribution in [1.82, 2.24) is 9.80 Å². The van der Waals surface area contributed by atoms with Crippen LogP contribution in [0.4, 0.5) is 0 Å². The molecule has 4 aliphatic rings. The summed E-state index contributed by atoms with van der Waals surface area (Å²) in [5.74, 6) is -6.58. The zero-order chi connectivity index (χ0) is 51.5. The Labute approximate surface area is 404 Å². The van der Waals surface area contributed by atoms with E-state index in [0.717, 1.165) is 0 Å². The Morgan fingerprint density at radius 2 is 1.34 bits per heavy atom. The Morgan fingerprint density at radius 3 is 1.90 bits per heavy atom. The summed E-state index contributed by atoms with van der Waals surface area (Å²) in [5, 5.41) is 47.0. The van der Waals surface area contributed by atoms with Crippen LogP contribution in [0.15, 0.2) is 0 Å². The van der Waals surface area contributed by atoms with Crippen LogP contribution in [0.5, 0.6) is 0 Å². The zero-order valence-electron chi connectivity index (χ0n) is 43.7. The third-order valence-electron chi connectivity index (χ3n) is 15.0. The van der Waals surface area contributed by atoms with Gasteiger partial charge in [-0.25, -0.2) is 0 Å². The molecule has 4 aliphatic heterocycles. The highest BCUT2D eigenvalue weighted by Gasteiger charge is 2.56. The van der Waals surface area contributed by atoms with E-state index in [0.29, 0.717) is 6.42 Å². The van der Waals surface area contributed by atoms with Crippen molar-refractivity contribution < 1.29 is 82.2 Å². The van der Waals surface area contributed by atoms with E-state index < -0.39 is 150 Å². The van der Waals surface area contributed by atoms with E-state index in [4.69, 9.17) is 42.6 Å². The van der Waals surface area contributed by atoms with Crippen LogP contribution in [0, 0.1) is 23.7 Å². The molecule has 0 aromatic carbocycles. The Hall–Kier alpha value is -2.40. The predicted octanol–water partition coefficient (Wildman–Crippen LogP) is 3.11. The van der Waals surface area contributed by atoms with Crippen LogP contribution >= 0.6 is 0 Å². The van der Waals surface area contributed by atoms with Crippen LogP contribution in [0.25, 0.3) is 0 Å². The summed E-state index contributed by atoms with van der Waals surface area (Å²) in [4.78, 5) is 58.4. The maximum atomic E-state index is 14.7. The van der Waals surface area contributed by atoms with Crippen molar-refractivity contribution >= 4 is 23.7 Å². The lowest BCUT2D eigenvalue weighted by Gasteiger charge is -2.51. The van der Waals surface area contributed by atoms with Gasteiger partial charge in [0.15, 0.2) is 30.6 Å². The number of aliphatic hydroxyl groups excluding tert-OH is 3. The van der Waals surface area contributed by atoms with Gasteiger partial charge in [0.05, 0.1) is 54.2 Å². The van der Waals surface area contributed by atoms with Gasteiger partial charge >= 0.3 is 17.9 Å². The number of rotatable bonds is 12. The molecule has 0 aliphatic carbocycles. The number of esters is 3. The Kier molecular flexibility index (Phi) is 20.0. The van der Waals surface area contributed by atoms with Gasteiger partial charge in [0.1, 0.15) is 23.6 Å². The Balaban J connectivity index is 1.99. The zero-order valence-corrected chi connectivity index (χ0v) is 43.7. The van der Waals surface area contributed by atoms with Crippen LogP contribution in [0.3, 0.4) is 0 Å². The van der Waals surface area contributed by atoms with Gasteiger partial charge in [-0.15, -0.1) is 0 Å². The summed E-state index contributed by atoms with van der Waals surface area (Å²) in [6.07, 6.45) is -13.3. The van der Waals surface area contributed by atoms with Crippen molar-refractivity contribution in [3.8, 4) is 0 Å². The molecule has 4 fully saturated rings. The molecular formula is C49H86N2O17. The highest BCUT2D eigenvalue weighted by atomic mass is 16.7. The molecule has 4 rings (SSSR count). The fraction of sp³-hybridized carbons (Fsp3) is 0.918. The SMILES string of the molecule is CCC(=O)OC1C(C)OC(O[C@H]2[C@H](C)[C@@H](OC3OC(C)CC(N(C)C)C3O)[C@](C)(OC3CC(N(C)C)C(O)C(C)O3)C[C@@H](C)C(=O)[C@H](C)[C@@H](O)[C@](C)(O)[C@@H](CC)OC(=O)[C@@H]2C)CC1(C)OC(C)=O. The number of likely N-dealkylation sites (N-methyl/N-ethyl adjacent to an activating group) is 2. The van der Waals surface area contributed by atoms with E-state index in [1.807, 2.05) is 44.9 Å². The lowest BCUT2D eigenvalue weighted by molar-refractivity contribution is -0.340. The van der Waals surface area contributed by atoms with Crippen molar-refractivity contribution in [2.45, 2.75) is 237 Å². The third kappa shape index (κ3) is 13.2. The van der Waals surface area contributed by atoms with Crippen molar-refractivity contribution in [2.24, 2.45) is 23.7 Å². The van der Waals surface area contributed by atoms with E-state index in [2.05, 4.69) is 0 Å². The van der Waals surface area contributed by atoms with Gasteiger partial charge < -0.3 is 72.9 Å². The number of hydrogen-bond acceptors (Lipinski definition) is 19. The standard InChI is InChI=1S/C49H86N2O17/c1-18-34-49(13,59)42(57)26(5)38(54)24(3)22-47(11,68-36-21-33(51(16)17)39(55)29(8)61-36)43(66-46-40(56)32(50(14)15)20-25(4)60-46)27(6)41(28(7)45(58)63-34)65-37-23-48(12,67-31(10)52)44(30(9)62-37)64-35(53)19-2/h24-30,32-34,36-37,39-44,46,55-57,59H,18-23H2,1-17H3/t24-,25?,26+,27+,28-,29?,30?,32?,33?,34-,36?,37?,39?,40?,41+,42-,43-,44?,46?,47-,48?,49-/m1/s1. The van der Waals surface area contributed by atoms with Crippen molar-refractivity contribution in [3.63, 3.8) is 0 Å². The maximum Gasteiger partial charge on any atom is 0.311 e. The number of hydrogen-bond donors (Lipinski definition) is 4. The van der Waals surface area contributed by atoms with E-state index in [1.54, 1.807) is 62.3 Å². The topological polar surface area (TPSA) is 239 Å². The molecule has 0 radical (unpaired) electrons. The molecule has 4 heterocycles. The molecule has 394 valence electrons. The van der Waals surface area contributed by atoms with Gasteiger partial charge in [0.2, 0.25) is 0 Å². The fourth-order valence-electron chi connectivity index (χ4n) is 11.1. The van der Waals surface area contributed by atoms with Crippen LogP contribution < -0.4 is 0 Å². The van der Waals surface area contributed by atoms with Gasteiger partial charge in [0.25, 0.3) is 0 Å². The summed E-state index contributed by atoms with van der Waals surface area (Å²) < 4.78 is 58.2. The van der Waals surface area contributed by atoms with Crippen LogP contribution in [-0.4, -0.2) is 191 Å². The van der Waals surface area contributed by atoms with Gasteiger partial charge in [-0.1, -0.05) is 34.6 Å². The van der Waals surface area contributed by atoms with Gasteiger partial charge in [-0.2, -0.15) is 0 Å².